The van der Waals surface area contributed by atoms with Crippen molar-refractivity contribution < 1.29 is 14.3 Å². The number of carbonyl (C=O) groups excluding carboxylic acids is 2. The van der Waals surface area contributed by atoms with Crippen molar-refractivity contribution in [2.75, 3.05) is 7.11 Å². The summed E-state index contributed by atoms with van der Waals surface area (Å²) in [7, 11) is 1.29. The van der Waals surface area contributed by atoms with Crippen molar-refractivity contribution in [1.29, 1.82) is 0 Å². The summed E-state index contributed by atoms with van der Waals surface area (Å²) >= 11 is 0. The van der Waals surface area contributed by atoms with Gasteiger partial charge in [-0.25, -0.2) is 4.79 Å². The van der Waals surface area contributed by atoms with Gasteiger partial charge in [-0.1, -0.05) is 36.4 Å². The van der Waals surface area contributed by atoms with Crippen molar-refractivity contribution in [2.45, 2.75) is 13.0 Å². The molecule has 0 aromatic heterocycles. The molecule has 0 spiro atoms. The molecule has 4 heteroatoms. The predicted octanol–water partition coefficient (Wildman–Crippen LogP) is 1.59. The fourth-order valence-electron chi connectivity index (χ4n) is 1.38. The van der Waals surface area contributed by atoms with E-state index in [1.807, 2.05) is 6.07 Å². The molecule has 0 aliphatic heterocycles. The summed E-state index contributed by atoms with van der Waals surface area (Å²) in [6.07, 6.45) is 2.97. The second-order valence-electron chi connectivity index (χ2n) is 3.38. The molecule has 1 rings (SSSR count). The molecule has 17 heavy (non-hydrogen) atoms. The third-order valence-electron chi connectivity index (χ3n) is 2.17. The first-order chi connectivity index (χ1) is 8.19. The summed E-state index contributed by atoms with van der Waals surface area (Å²) < 4.78 is 4.67. The van der Waals surface area contributed by atoms with Crippen LogP contribution in [0.4, 0.5) is 0 Å². The molecule has 1 N–H and O–H groups in total. The van der Waals surface area contributed by atoms with Crippen LogP contribution in [0, 0.1) is 0 Å². The molecule has 4 nitrogen and oxygen atoms in total. The topological polar surface area (TPSA) is 55.4 Å². The number of carbonyl (C=O) groups is 2. The Bertz CT molecular complexity index is 412. The molecule has 0 heterocycles. The number of esters is 1. The molecule has 90 valence electrons. The van der Waals surface area contributed by atoms with E-state index in [0.29, 0.717) is 5.56 Å². The first-order valence-electron chi connectivity index (χ1n) is 5.25. The highest BCUT2D eigenvalue weighted by atomic mass is 16.5. The van der Waals surface area contributed by atoms with Gasteiger partial charge in [-0.15, -0.1) is 0 Å². The van der Waals surface area contributed by atoms with Gasteiger partial charge in [0, 0.05) is 0 Å². The minimum absolute atomic E-state index is 0.327. The zero-order valence-corrected chi connectivity index (χ0v) is 9.84. The summed E-state index contributed by atoms with van der Waals surface area (Å²) in [5.41, 5.74) is 0.692. The van der Waals surface area contributed by atoms with E-state index in [4.69, 9.17) is 0 Å². The highest BCUT2D eigenvalue weighted by molar-refractivity contribution is 5.91. The molecule has 0 aliphatic rings. The van der Waals surface area contributed by atoms with Crippen LogP contribution in [-0.4, -0.2) is 19.0 Å². The molecule has 0 aliphatic carbocycles. The van der Waals surface area contributed by atoms with Gasteiger partial charge in [0.25, 0.3) is 0 Å². The maximum Gasteiger partial charge on any atom is 0.333 e. The largest absolute Gasteiger partial charge is 0.467 e. The van der Waals surface area contributed by atoms with Crippen LogP contribution in [0.1, 0.15) is 18.5 Å². The molecule has 1 unspecified atom stereocenters. The van der Waals surface area contributed by atoms with Crippen molar-refractivity contribution in [2.24, 2.45) is 0 Å². The number of hydrogen-bond acceptors (Lipinski definition) is 3. The van der Waals surface area contributed by atoms with Crippen molar-refractivity contribution >= 4 is 11.9 Å². The van der Waals surface area contributed by atoms with E-state index < -0.39 is 12.0 Å². The standard InChI is InChI=1S/C13H15NO3/c1-3-7-11(15)14-12(13(16)17-2)10-8-5-4-6-9-10/h3-9,12H,1-2H3,(H,14,15). The predicted molar refractivity (Wildman–Crippen MR) is 64.2 cm³/mol. The van der Waals surface area contributed by atoms with E-state index in [1.54, 1.807) is 37.3 Å². The summed E-state index contributed by atoms with van der Waals surface area (Å²) in [6, 6.07) is 8.19. The van der Waals surface area contributed by atoms with Crippen LogP contribution in [-0.2, 0) is 14.3 Å². The minimum Gasteiger partial charge on any atom is -0.467 e. The number of methoxy groups -OCH3 is 1. The highest BCUT2D eigenvalue weighted by Gasteiger charge is 2.22. The van der Waals surface area contributed by atoms with Crippen LogP contribution in [0.15, 0.2) is 42.5 Å². The van der Waals surface area contributed by atoms with Crippen molar-refractivity contribution in [3.63, 3.8) is 0 Å². The molecule has 1 amide bonds. The molecule has 0 radical (unpaired) electrons. The van der Waals surface area contributed by atoms with Gasteiger partial charge in [0.1, 0.15) is 0 Å². The lowest BCUT2D eigenvalue weighted by Gasteiger charge is -2.15. The van der Waals surface area contributed by atoms with Gasteiger partial charge >= 0.3 is 5.97 Å². The monoisotopic (exact) mass is 233 g/mol. The number of hydrogen-bond donors (Lipinski definition) is 1. The molecular weight excluding hydrogens is 218 g/mol. The number of amides is 1. The lowest BCUT2D eigenvalue weighted by atomic mass is 10.1. The van der Waals surface area contributed by atoms with Crippen molar-refractivity contribution in [3.8, 4) is 0 Å². The molecule has 1 atom stereocenters. The Morgan fingerprint density at radius 2 is 1.94 bits per heavy atom. The Kier molecular flexibility index (Phi) is 4.94. The Morgan fingerprint density at radius 3 is 2.47 bits per heavy atom. The van der Waals surface area contributed by atoms with Gasteiger partial charge in [-0.3, -0.25) is 4.79 Å². The Morgan fingerprint density at radius 1 is 1.29 bits per heavy atom. The van der Waals surface area contributed by atoms with Crippen LogP contribution < -0.4 is 5.32 Å². The third kappa shape index (κ3) is 3.75. The number of rotatable bonds is 4. The normalized spacial score (nSPS) is 12.1. The van der Waals surface area contributed by atoms with Crippen LogP contribution in [0.2, 0.25) is 0 Å². The van der Waals surface area contributed by atoms with E-state index in [0.717, 1.165) is 0 Å². The van der Waals surface area contributed by atoms with E-state index in [2.05, 4.69) is 10.1 Å². The van der Waals surface area contributed by atoms with E-state index >= 15 is 0 Å². The Hall–Kier alpha value is -2.10. The second kappa shape index (κ2) is 6.48. The van der Waals surface area contributed by atoms with Gasteiger partial charge < -0.3 is 10.1 Å². The van der Waals surface area contributed by atoms with Gasteiger partial charge in [0.15, 0.2) is 6.04 Å². The smallest absolute Gasteiger partial charge is 0.333 e. The number of benzene rings is 1. The van der Waals surface area contributed by atoms with Gasteiger partial charge in [0.2, 0.25) is 5.91 Å². The average Bonchev–Trinajstić information content (AvgIpc) is 2.36. The third-order valence-corrected chi connectivity index (χ3v) is 2.17. The van der Waals surface area contributed by atoms with Crippen LogP contribution in [0.25, 0.3) is 0 Å². The second-order valence-corrected chi connectivity index (χ2v) is 3.38. The van der Waals surface area contributed by atoms with Crippen molar-refractivity contribution in [1.82, 2.24) is 5.32 Å². The number of ether oxygens (including phenoxy) is 1. The van der Waals surface area contributed by atoms with E-state index in [9.17, 15) is 9.59 Å². The SMILES string of the molecule is CC=CC(=O)NC(C(=O)OC)c1ccccc1. The minimum atomic E-state index is -0.773. The lowest BCUT2D eigenvalue weighted by molar-refractivity contribution is -0.144. The maximum atomic E-state index is 11.6. The summed E-state index contributed by atoms with van der Waals surface area (Å²) in [5.74, 6) is -0.819. The maximum absolute atomic E-state index is 11.6. The molecule has 0 bridgehead atoms. The zero-order chi connectivity index (χ0) is 12.7. The quantitative estimate of drug-likeness (QED) is 0.634. The Balaban J connectivity index is 2.89. The first-order valence-corrected chi connectivity index (χ1v) is 5.25. The first kappa shape index (κ1) is 13.0. The average molecular weight is 233 g/mol. The number of nitrogens with one attached hydrogen (secondary N) is 1. The fourth-order valence-corrected chi connectivity index (χ4v) is 1.38. The summed E-state index contributed by atoms with van der Waals surface area (Å²) in [6.45, 7) is 1.73. The highest BCUT2D eigenvalue weighted by Crippen LogP contribution is 2.13. The molecule has 1 aromatic rings. The van der Waals surface area contributed by atoms with Gasteiger partial charge in [0.05, 0.1) is 7.11 Å². The van der Waals surface area contributed by atoms with Crippen LogP contribution >= 0.6 is 0 Å². The van der Waals surface area contributed by atoms with Gasteiger partial charge in [-0.2, -0.15) is 0 Å². The van der Waals surface area contributed by atoms with Gasteiger partial charge in [-0.05, 0) is 18.6 Å². The lowest BCUT2D eigenvalue weighted by Crippen LogP contribution is -2.33. The van der Waals surface area contributed by atoms with E-state index in [-0.39, 0.29) is 5.91 Å². The van der Waals surface area contributed by atoms with Crippen LogP contribution in [0.3, 0.4) is 0 Å². The Labute approximate surface area is 100 Å². The molecule has 1 aromatic carbocycles. The van der Waals surface area contributed by atoms with E-state index in [1.165, 1.54) is 13.2 Å². The zero-order valence-electron chi connectivity index (χ0n) is 9.84. The molecule has 0 saturated heterocycles. The summed E-state index contributed by atoms with van der Waals surface area (Å²) in [5, 5.41) is 2.58. The molecule has 0 fully saturated rings. The fraction of sp³-hybridized carbons (Fsp3) is 0.231. The number of allylic oxidation sites excluding steroid dienone is 1. The molecular formula is C13H15NO3. The van der Waals surface area contributed by atoms with Crippen LogP contribution in [0.5, 0.6) is 0 Å². The van der Waals surface area contributed by atoms with Crippen molar-refractivity contribution in [3.05, 3.63) is 48.0 Å². The molecule has 0 saturated carbocycles. The summed E-state index contributed by atoms with van der Waals surface area (Å²) in [4.78, 5) is 23.0.